The number of fused-ring (bicyclic) bond motifs is 1. The van der Waals surface area contributed by atoms with Crippen molar-refractivity contribution in [3.63, 3.8) is 0 Å². The van der Waals surface area contributed by atoms with E-state index in [0.717, 1.165) is 21.8 Å². The van der Waals surface area contributed by atoms with Gasteiger partial charge in [0.25, 0.3) is 0 Å². The summed E-state index contributed by atoms with van der Waals surface area (Å²) in [6.45, 7) is 1.15. The topological polar surface area (TPSA) is 82.5 Å². The normalized spacial score (nSPS) is 11.1. The predicted molar refractivity (Wildman–Crippen MR) is 78.2 cm³/mol. The second-order valence-electron chi connectivity index (χ2n) is 4.25. The monoisotopic (exact) mass is 286 g/mol. The van der Waals surface area contributed by atoms with E-state index in [-0.39, 0.29) is 0 Å². The molecule has 0 aliphatic carbocycles. The Morgan fingerprint density at radius 2 is 2.10 bits per heavy atom. The molecule has 7 heteroatoms. The highest BCUT2D eigenvalue weighted by Gasteiger charge is 2.08. The van der Waals surface area contributed by atoms with Crippen LogP contribution < -0.4 is 5.73 Å². The van der Waals surface area contributed by atoms with E-state index in [0.29, 0.717) is 13.1 Å². The number of aromatic nitrogens is 5. The largest absolute Gasteiger partial charge is 0.329 e. The lowest BCUT2D eigenvalue weighted by Gasteiger charge is -2.05. The van der Waals surface area contributed by atoms with Gasteiger partial charge in [0, 0.05) is 23.9 Å². The van der Waals surface area contributed by atoms with Crippen LogP contribution in [0.5, 0.6) is 0 Å². The van der Waals surface area contributed by atoms with E-state index in [2.05, 4.69) is 38.7 Å². The average molecular weight is 286 g/mol. The molecule has 0 bridgehead atoms. The Bertz CT molecular complexity index is 705. The van der Waals surface area contributed by atoms with Gasteiger partial charge >= 0.3 is 0 Å². The number of hydrogen-bond donors (Lipinski definition) is 1. The van der Waals surface area contributed by atoms with E-state index in [1.165, 1.54) is 5.56 Å². The van der Waals surface area contributed by atoms with Crippen LogP contribution in [-0.4, -0.2) is 31.7 Å². The zero-order valence-electron chi connectivity index (χ0n) is 10.8. The number of tetrazole rings is 1. The number of nitrogens with zero attached hydrogens (tertiary/aromatic N) is 5. The molecule has 3 rings (SSSR count). The Hall–Kier alpha value is -1.99. The first-order chi connectivity index (χ1) is 9.88. The standard InChI is InChI=1S/C13H14N6S/c14-6-8-19-13(16-17-18-19)20-9-11-4-1-3-10-5-2-7-15-12(10)11/h1-5,7H,6,8-9,14H2. The maximum absolute atomic E-state index is 5.53. The Morgan fingerprint density at radius 1 is 1.20 bits per heavy atom. The second-order valence-corrected chi connectivity index (χ2v) is 5.20. The molecule has 1 aromatic carbocycles. The van der Waals surface area contributed by atoms with Crippen LogP contribution in [0.4, 0.5) is 0 Å². The molecule has 102 valence electrons. The quantitative estimate of drug-likeness (QED) is 0.715. The van der Waals surface area contributed by atoms with Gasteiger partial charge in [-0.2, -0.15) is 0 Å². The van der Waals surface area contributed by atoms with Crippen molar-refractivity contribution in [1.29, 1.82) is 0 Å². The van der Waals surface area contributed by atoms with Crippen molar-refractivity contribution in [1.82, 2.24) is 25.2 Å². The first-order valence-electron chi connectivity index (χ1n) is 6.30. The summed E-state index contributed by atoms with van der Waals surface area (Å²) in [7, 11) is 0. The first kappa shape index (κ1) is 13.0. The van der Waals surface area contributed by atoms with Gasteiger partial charge in [-0.25, -0.2) is 4.68 Å². The number of pyridine rings is 1. The summed E-state index contributed by atoms with van der Waals surface area (Å²) in [4.78, 5) is 4.45. The van der Waals surface area contributed by atoms with Crippen molar-refractivity contribution in [2.45, 2.75) is 17.5 Å². The van der Waals surface area contributed by atoms with Gasteiger partial charge in [0.2, 0.25) is 5.16 Å². The van der Waals surface area contributed by atoms with Gasteiger partial charge in [-0.15, -0.1) is 5.10 Å². The van der Waals surface area contributed by atoms with Gasteiger partial charge in [0.05, 0.1) is 12.1 Å². The molecule has 0 unspecified atom stereocenters. The van der Waals surface area contributed by atoms with E-state index in [1.807, 2.05) is 18.3 Å². The van der Waals surface area contributed by atoms with Crippen LogP contribution in [0.3, 0.4) is 0 Å². The van der Waals surface area contributed by atoms with Crippen LogP contribution in [0, 0.1) is 0 Å². The maximum atomic E-state index is 5.53. The Balaban J connectivity index is 1.81. The molecule has 6 nitrogen and oxygen atoms in total. The summed E-state index contributed by atoms with van der Waals surface area (Å²) in [5.74, 6) is 0.777. The zero-order valence-corrected chi connectivity index (χ0v) is 11.6. The van der Waals surface area contributed by atoms with E-state index >= 15 is 0 Å². The third-order valence-electron chi connectivity index (χ3n) is 2.91. The highest BCUT2D eigenvalue weighted by atomic mass is 32.2. The lowest BCUT2D eigenvalue weighted by Crippen LogP contribution is -2.12. The van der Waals surface area contributed by atoms with Gasteiger partial charge in [-0.1, -0.05) is 36.0 Å². The van der Waals surface area contributed by atoms with Gasteiger partial charge in [0.1, 0.15) is 0 Å². The Kier molecular flexibility index (Phi) is 3.89. The maximum Gasteiger partial charge on any atom is 0.209 e. The molecule has 0 saturated heterocycles. The highest BCUT2D eigenvalue weighted by molar-refractivity contribution is 7.98. The minimum atomic E-state index is 0.522. The molecule has 0 aliphatic rings. The van der Waals surface area contributed by atoms with E-state index in [1.54, 1.807) is 16.4 Å². The third kappa shape index (κ3) is 2.63. The van der Waals surface area contributed by atoms with Gasteiger partial charge < -0.3 is 5.73 Å². The highest BCUT2D eigenvalue weighted by Crippen LogP contribution is 2.24. The van der Waals surface area contributed by atoms with Crippen molar-refractivity contribution in [2.24, 2.45) is 5.73 Å². The third-order valence-corrected chi connectivity index (χ3v) is 3.92. The molecule has 0 fully saturated rings. The Morgan fingerprint density at radius 3 is 3.00 bits per heavy atom. The number of nitrogens with two attached hydrogens (primary N) is 1. The summed E-state index contributed by atoms with van der Waals surface area (Å²) >= 11 is 1.59. The lowest BCUT2D eigenvalue weighted by atomic mass is 10.1. The SMILES string of the molecule is NCCn1nnnc1SCc1cccc2cccnc12. The molecule has 0 atom stereocenters. The van der Waals surface area contributed by atoms with Crippen LogP contribution in [-0.2, 0) is 12.3 Å². The fourth-order valence-electron chi connectivity index (χ4n) is 1.99. The number of hydrogen-bond acceptors (Lipinski definition) is 6. The summed E-state index contributed by atoms with van der Waals surface area (Å²) in [6.07, 6.45) is 1.81. The number of para-hydroxylation sites is 1. The predicted octanol–water partition coefficient (Wildman–Crippen LogP) is 1.47. The smallest absolute Gasteiger partial charge is 0.209 e. The molecule has 0 aliphatic heterocycles. The molecule has 0 radical (unpaired) electrons. The molecule has 0 amide bonds. The van der Waals surface area contributed by atoms with Crippen LogP contribution >= 0.6 is 11.8 Å². The van der Waals surface area contributed by atoms with Crippen LogP contribution in [0.2, 0.25) is 0 Å². The number of rotatable bonds is 5. The van der Waals surface area contributed by atoms with Crippen LogP contribution in [0.15, 0.2) is 41.7 Å². The van der Waals surface area contributed by atoms with Crippen molar-refractivity contribution < 1.29 is 0 Å². The summed E-state index contributed by atoms with van der Waals surface area (Å²) in [5, 5.41) is 13.6. The van der Waals surface area contributed by atoms with Gasteiger partial charge in [-0.05, 0) is 22.1 Å². The number of benzene rings is 1. The fraction of sp³-hybridized carbons (Fsp3) is 0.231. The molecule has 2 N–H and O–H groups in total. The fourth-order valence-corrected chi connectivity index (χ4v) is 2.88. The van der Waals surface area contributed by atoms with Gasteiger partial charge in [0.15, 0.2) is 0 Å². The van der Waals surface area contributed by atoms with Crippen molar-refractivity contribution in [3.05, 3.63) is 42.1 Å². The van der Waals surface area contributed by atoms with E-state index < -0.39 is 0 Å². The van der Waals surface area contributed by atoms with Gasteiger partial charge in [-0.3, -0.25) is 4.98 Å². The molecule has 0 saturated carbocycles. The van der Waals surface area contributed by atoms with Crippen molar-refractivity contribution >= 4 is 22.7 Å². The van der Waals surface area contributed by atoms with Crippen molar-refractivity contribution in [3.8, 4) is 0 Å². The minimum Gasteiger partial charge on any atom is -0.329 e. The number of thioether (sulfide) groups is 1. The first-order valence-corrected chi connectivity index (χ1v) is 7.28. The Labute approximate surface area is 120 Å². The molecule has 0 spiro atoms. The second kappa shape index (κ2) is 5.98. The molecule has 2 heterocycles. The lowest BCUT2D eigenvalue weighted by molar-refractivity contribution is 0.557. The summed E-state index contributed by atoms with van der Waals surface area (Å²) in [5.41, 5.74) is 7.74. The summed E-state index contributed by atoms with van der Waals surface area (Å²) in [6, 6.07) is 10.2. The average Bonchev–Trinajstić information content (AvgIpc) is 2.93. The summed E-state index contributed by atoms with van der Waals surface area (Å²) < 4.78 is 1.73. The van der Waals surface area contributed by atoms with Crippen LogP contribution in [0.25, 0.3) is 10.9 Å². The molecular formula is C13H14N6S. The van der Waals surface area contributed by atoms with E-state index in [9.17, 15) is 0 Å². The van der Waals surface area contributed by atoms with Crippen molar-refractivity contribution in [2.75, 3.05) is 6.54 Å². The molecule has 2 aromatic heterocycles. The van der Waals surface area contributed by atoms with Crippen LogP contribution in [0.1, 0.15) is 5.56 Å². The minimum absolute atomic E-state index is 0.522. The zero-order chi connectivity index (χ0) is 13.8. The van der Waals surface area contributed by atoms with E-state index in [4.69, 9.17) is 5.73 Å². The molecule has 20 heavy (non-hydrogen) atoms. The molecule has 3 aromatic rings. The molecular weight excluding hydrogens is 272 g/mol.